The molecule has 0 fully saturated rings. The van der Waals surface area contributed by atoms with Gasteiger partial charge in [-0.15, -0.1) is 0 Å². The number of rotatable bonds is 3. The van der Waals surface area contributed by atoms with E-state index in [0.29, 0.717) is 17.8 Å². The molecule has 19 heavy (non-hydrogen) atoms. The standard InChI is InChI=1S/C15H19N3O/c1-15(2,3)18-9-8-17(11-18)10-14(19)12-4-6-13(16)7-5-12/h4-9,11H,10H2,1-3H3,(H-,16,19)/p+1. The van der Waals surface area contributed by atoms with Gasteiger partial charge in [0.15, 0.2) is 6.54 Å². The van der Waals surface area contributed by atoms with Crippen molar-refractivity contribution in [3.63, 3.8) is 0 Å². The molecule has 0 saturated carbocycles. The first-order valence-corrected chi connectivity index (χ1v) is 6.32. The molecule has 2 N–H and O–H groups in total. The first-order chi connectivity index (χ1) is 8.86. The zero-order valence-electron chi connectivity index (χ0n) is 11.6. The van der Waals surface area contributed by atoms with Crippen LogP contribution in [0.25, 0.3) is 0 Å². The van der Waals surface area contributed by atoms with E-state index in [9.17, 15) is 4.79 Å². The van der Waals surface area contributed by atoms with Crippen LogP contribution < -0.4 is 10.3 Å². The third-order valence-electron chi connectivity index (χ3n) is 3.02. The maximum atomic E-state index is 12.1. The van der Waals surface area contributed by atoms with Crippen LogP contribution in [-0.2, 0) is 12.1 Å². The molecule has 0 aliphatic rings. The third-order valence-corrected chi connectivity index (χ3v) is 3.02. The number of nitrogens with two attached hydrogens (primary N) is 1. The maximum Gasteiger partial charge on any atom is 0.244 e. The molecule has 1 aromatic carbocycles. The van der Waals surface area contributed by atoms with Gasteiger partial charge in [-0.25, -0.2) is 9.13 Å². The van der Waals surface area contributed by atoms with E-state index in [1.165, 1.54) is 0 Å². The fourth-order valence-corrected chi connectivity index (χ4v) is 1.81. The number of Topliss-reactive ketones (excluding diaryl/α,β-unsaturated/α-hetero) is 1. The second kappa shape index (κ2) is 4.88. The number of benzene rings is 1. The number of nitrogen functional groups attached to an aromatic ring is 1. The molecule has 0 saturated heterocycles. The van der Waals surface area contributed by atoms with Gasteiger partial charge in [0, 0.05) is 11.3 Å². The highest BCUT2D eigenvalue weighted by Gasteiger charge is 2.20. The average Bonchev–Trinajstić information content (AvgIpc) is 2.78. The lowest BCUT2D eigenvalue weighted by Crippen LogP contribution is -2.36. The molecule has 1 aromatic heterocycles. The third kappa shape index (κ3) is 3.22. The van der Waals surface area contributed by atoms with Gasteiger partial charge in [-0.2, -0.15) is 0 Å². The van der Waals surface area contributed by atoms with E-state index in [1.54, 1.807) is 24.3 Å². The Bertz CT molecular complexity index is 576. The van der Waals surface area contributed by atoms with Gasteiger partial charge in [-0.3, -0.25) is 4.79 Å². The number of anilines is 1. The Balaban J connectivity index is 2.11. The van der Waals surface area contributed by atoms with E-state index in [-0.39, 0.29) is 11.3 Å². The smallest absolute Gasteiger partial charge is 0.244 e. The number of hydrogen-bond donors (Lipinski definition) is 1. The van der Waals surface area contributed by atoms with Crippen molar-refractivity contribution in [2.24, 2.45) is 0 Å². The van der Waals surface area contributed by atoms with Crippen LogP contribution in [0.15, 0.2) is 43.0 Å². The molecule has 2 aromatic rings. The highest BCUT2D eigenvalue weighted by molar-refractivity contribution is 5.95. The maximum absolute atomic E-state index is 12.1. The van der Waals surface area contributed by atoms with Crippen molar-refractivity contribution < 1.29 is 9.36 Å². The lowest BCUT2D eigenvalue weighted by Gasteiger charge is -2.13. The molecule has 0 aliphatic carbocycles. The molecular weight excluding hydrogens is 238 g/mol. The topological polar surface area (TPSA) is 51.9 Å². The van der Waals surface area contributed by atoms with Crippen molar-refractivity contribution in [3.8, 4) is 0 Å². The Labute approximate surface area is 113 Å². The normalized spacial score (nSPS) is 11.5. The second-order valence-corrected chi connectivity index (χ2v) is 5.71. The van der Waals surface area contributed by atoms with Gasteiger partial charge in [-0.05, 0) is 45.0 Å². The lowest BCUT2D eigenvalue weighted by molar-refractivity contribution is -0.682. The molecule has 4 heteroatoms. The molecule has 4 nitrogen and oxygen atoms in total. The number of nitrogens with zero attached hydrogens (tertiary/aromatic N) is 2. The van der Waals surface area contributed by atoms with Gasteiger partial charge in [0.25, 0.3) is 0 Å². The van der Waals surface area contributed by atoms with Crippen molar-refractivity contribution in [2.75, 3.05) is 5.73 Å². The SMILES string of the molecule is CC(C)(C)n1cc[n+](CC(=O)c2ccc(N)cc2)c1. The molecule has 0 aliphatic heterocycles. The van der Waals surface area contributed by atoms with E-state index < -0.39 is 0 Å². The van der Waals surface area contributed by atoms with Crippen molar-refractivity contribution in [1.82, 2.24) is 4.57 Å². The predicted molar refractivity (Wildman–Crippen MR) is 74.8 cm³/mol. The fourth-order valence-electron chi connectivity index (χ4n) is 1.81. The molecular formula is C15H20N3O+. The second-order valence-electron chi connectivity index (χ2n) is 5.71. The molecule has 0 bridgehead atoms. The summed E-state index contributed by atoms with van der Waals surface area (Å²) in [6.07, 6.45) is 5.85. The Morgan fingerprint density at radius 3 is 2.42 bits per heavy atom. The van der Waals surface area contributed by atoms with Crippen LogP contribution in [0.1, 0.15) is 31.1 Å². The average molecular weight is 258 g/mol. The highest BCUT2D eigenvalue weighted by atomic mass is 16.1. The summed E-state index contributed by atoms with van der Waals surface area (Å²) in [5.74, 6) is 0.0802. The summed E-state index contributed by atoms with van der Waals surface area (Å²) in [5.41, 5.74) is 6.99. The number of carbonyl (C=O) groups is 1. The van der Waals surface area contributed by atoms with Crippen molar-refractivity contribution in [1.29, 1.82) is 0 Å². The molecule has 0 amide bonds. The Hall–Kier alpha value is -2.10. The summed E-state index contributed by atoms with van der Waals surface area (Å²) in [5, 5.41) is 0. The zero-order chi connectivity index (χ0) is 14.0. The molecule has 1 heterocycles. The Morgan fingerprint density at radius 2 is 1.89 bits per heavy atom. The quantitative estimate of drug-likeness (QED) is 0.520. The molecule has 0 atom stereocenters. The van der Waals surface area contributed by atoms with Crippen LogP contribution in [0.3, 0.4) is 0 Å². The Morgan fingerprint density at radius 1 is 1.26 bits per heavy atom. The van der Waals surface area contributed by atoms with Crippen LogP contribution in [0.5, 0.6) is 0 Å². The van der Waals surface area contributed by atoms with Crippen LogP contribution in [0.2, 0.25) is 0 Å². The minimum atomic E-state index is 0.0233. The molecule has 0 spiro atoms. The van der Waals surface area contributed by atoms with E-state index in [4.69, 9.17) is 5.73 Å². The monoisotopic (exact) mass is 258 g/mol. The fraction of sp³-hybridized carbons (Fsp3) is 0.333. The van der Waals surface area contributed by atoms with Crippen molar-refractivity contribution >= 4 is 11.5 Å². The summed E-state index contributed by atoms with van der Waals surface area (Å²) in [4.78, 5) is 12.1. The van der Waals surface area contributed by atoms with Crippen molar-refractivity contribution in [3.05, 3.63) is 48.5 Å². The lowest BCUT2D eigenvalue weighted by atomic mass is 10.1. The van der Waals surface area contributed by atoms with Gasteiger partial charge in [0.05, 0.1) is 0 Å². The summed E-state index contributed by atoms with van der Waals surface area (Å²) in [6.45, 7) is 6.71. The summed E-state index contributed by atoms with van der Waals surface area (Å²) < 4.78 is 3.98. The van der Waals surface area contributed by atoms with Gasteiger partial charge in [-0.1, -0.05) is 0 Å². The number of hydrogen-bond acceptors (Lipinski definition) is 2. The number of imidazole rings is 1. The molecule has 0 radical (unpaired) electrons. The van der Waals surface area contributed by atoms with Crippen molar-refractivity contribution in [2.45, 2.75) is 32.9 Å². The predicted octanol–water partition coefficient (Wildman–Crippen LogP) is 2.00. The minimum Gasteiger partial charge on any atom is -0.399 e. The molecule has 100 valence electrons. The zero-order valence-corrected chi connectivity index (χ0v) is 11.6. The number of ketones is 1. The summed E-state index contributed by atoms with van der Waals surface area (Å²) in [6, 6.07) is 7.02. The summed E-state index contributed by atoms with van der Waals surface area (Å²) in [7, 11) is 0. The van der Waals surface area contributed by atoms with Gasteiger partial charge >= 0.3 is 0 Å². The van der Waals surface area contributed by atoms with Crippen LogP contribution >= 0.6 is 0 Å². The molecule has 2 rings (SSSR count). The minimum absolute atomic E-state index is 0.0233. The number of carbonyl (C=O) groups excluding carboxylic acids is 1. The van der Waals surface area contributed by atoms with E-state index in [1.807, 2.05) is 23.3 Å². The van der Waals surface area contributed by atoms with E-state index in [0.717, 1.165) is 0 Å². The first-order valence-electron chi connectivity index (χ1n) is 6.32. The first kappa shape index (κ1) is 13.3. The van der Waals surface area contributed by atoms with Crippen LogP contribution in [-0.4, -0.2) is 10.4 Å². The van der Waals surface area contributed by atoms with Gasteiger partial charge in [0.2, 0.25) is 12.1 Å². The highest BCUT2D eigenvalue weighted by Crippen LogP contribution is 2.11. The summed E-state index contributed by atoms with van der Waals surface area (Å²) >= 11 is 0. The van der Waals surface area contributed by atoms with Crippen LogP contribution in [0, 0.1) is 0 Å². The van der Waals surface area contributed by atoms with Gasteiger partial charge < -0.3 is 5.73 Å². The van der Waals surface area contributed by atoms with Gasteiger partial charge in [0.1, 0.15) is 17.9 Å². The largest absolute Gasteiger partial charge is 0.399 e. The van der Waals surface area contributed by atoms with E-state index in [2.05, 4.69) is 25.3 Å². The van der Waals surface area contributed by atoms with E-state index >= 15 is 0 Å². The Kier molecular flexibility index (Phi) is 3.42. The van der Waals surface area contributed by atoms with Crippen LogP contribution in [0.4, 0.5) is 5.69 Å². The molecule has 0 unspecified atom stereocenters. The number of aromatic nitrogens is 2.